The first-order valence-electron chi connectivity index (χ1n) is 9.93. The average Bonchev–Trinajstić information content (AvgIpc) is 3.17. The predicted octanol–water partition coefficient (Wildman–Crippen LogP) is 4.98. The largest absolute Gasteiger partial charge is 0.416 e. The standard InChI is InChI=1S/C22H20ClF3N4O2S/c1-14(31)27-11-3-6-20-28-29-21(33-13-19(32)15-7-9-17(23)10-8-15)30(20)18-5-2-4-16(12-18)22(24,25)26/h2,4-5,7-10,12H,3,6,11,13H2,1H3,(H,27,31). The number of halogens is 4. The first kappa shape index (κ1) is 24.8. The van der Waals surface area contributed by atoms with E-state index in [9.17, 15) is 22.8 Å². The fourth-order valence-corrected chi connectivity index (χ4v) is 3.99. The molecule has 0 spiro atoms. The maximum atomic E-state index is 13.3. The Hall–Kier alpha value is -2.85. The summed E-state index contributed by atoms with van der Waals surface area (Å²) in [4.78, 5) is 23.6. The summed E-state index contributed by atoms with van der Waals surface area (Å²) in [5.41, 5.74) is -0.0931. The predicted molar refractivity (Wildman–Crippen MR) is 120 cm³/mol. The Morgan fingerprint density at radius 1 is 1.12 bits per heavy atom. The summed E-state index contributed by atoms with van der Waals surface area (Å²) in [6.07, 6.45) is -3.62. The van der Waals surface area contributed by atoms with Crippen molar-refractivity contribution in [3.8, 4) is 5.69 Å². The number of amides is 1. The molecule has 0 radical (unpaired) electrons. The molecule has 6 nitrogen and oxygen atoms in total. The number of ketones is 1. The molecule has 0 fully saturated rings. The van der Waals surface area contributed by atoms with Crippen LogP contribution in [0.3, 0.4) is 0 Å². The van der Waals surface area contributed by atoms with E-state index in [1.54, 1.807) is 24.3 Å². The highest BCUT2D eigenvalue weighted by Gasteiger charge is 2.31. The molecule has 3 rings (SSSR count). The van der Waals surface area contributed by atoms with Crippen molar-refractivity contribution in [2.45, 2.75) is 31.1 Å². The first-order valence-corrected chi connectivity index (χ1v) is 11.3. The van der Waals surface area contributed by atoms with E-state index in [-0.39, 0.29) is 23.1 Å². The van der Waals surface area contributed by atoms with Gasteiger partial charge in [-0.3, -0.25) is 14.2 Å². The monoisotopic (exact) mass is 496 g/mol. The fourth-order valence-electron chi connectivity index (χ4n) is 3.00. The molecule has 0 atom stereocenters. The first-order chi connectivity index (χ1) is 15.6. The van der Waals surface area contributed by atoms with E-state index in [4.69, 9.17) is 11.6 Å². The van der Waals surface area contributed by atoms with Gasteiger partial charge in [0.2, 0.25) is 5.91 Å². The van der Waals surface area contributed by atoms with Crippen molar-refractivity contribution in [2.24, 2.45) is 0 Å². The Balaban J connectivity index is 1.86. The molecule has 1 amide bonds. The molecule has 1 heterocycles. The van der Waals surface area contributed by atoms with Gasteiger partial charge in [-0.2, -0.15) is 13.2 Å². The Labute approximate surface area is 197 Å². The van der Waals surface area contributed by atoms with Gasteiger partial charge in [0.1, 0.15) is 5.82 Å². The number of hydrogen-bond donors (Lipinski definition) is 1. The lowest BCUT2D eigenvalue weighted by Gasteiger charge is -2.13. The Bertz CT molecular complexity index is 1130. The summed E-state index contributed by atoms with van der Waals surface area (Å²) in [7, 11) is 0. The summed E-state index contributed by atoms with van der Waals surface area (Å²) < 4.78 is 41.3. The number of Topliss-reactive ketones (excluding diaryl/α,β-unsaturated/α-hetero) is 1. The van der Waals surface area contributed by atoms with Crippen molar-refractivity contribution < 1.29 is 22.8 Å². The second kappa shape index (κ2) is 10.8. The van der Waals surface area contributed by atoms with Gasteiger partial charge in [0.25, 0.3) is 0 Å². The summed E-state index contributed by atoms with van der Waals surface area (Å²) in [6.45, 7) is 1.79. The van der Waals surface area contributed by atoms with Gasteiger partial charge in [-0.15, -0.1) is 10.2 Å². The summed E-state index contributed by atoms with van der Waals surface area (Å²) >= 11 is 6.94. The highest BCUT2D eigenvalue weighted by atomic mass is 35.5. The lowest BCUT2D eigenvalue weighted by molar-refractivity contribution is -0.137. The van der Waals surface area contributed by atoms with Crippen LogP contribution >= 0.6 is 23.4 Å². The Kier molecular flexibility index (Phi) is 8.15. The van der Waals surface area contributed by atoms with Crippen LogP contribution in [0.15, 0.2) is 53.7 Å². The SMILES string of the molecule is CC(=O)NCCCc1nnc(SCC(=O)c2ccc(Cl)cc2)n1-c1cccc(C(F)(F)F)c1. The fraction of sp³-hybridized carbons (Fsp3) is 0.273. The second-order valence-electron chi connectivity index (χ2n) is 7.09. The van der Waals surface area contributed by atoms with Crippen molar-refractivity contribution >= 4 is 35.1 Å². The zero-order valence-electron chi connectivity index (χ0n) is 17.5. The van der Waals surface area contributed by atoms with Crippen LogP contribution in [0.25, 0.3) is 5.69 Å². The van der Waals surface area contributed by atoms with Gasteiger partial charge in [-0.1, -0.05) is 29.4 Å². The van der Waals surface area contributed by atoms with Crippen molar-refractivity contribution in [3.63, 3.8) is 0 Å². The molecule has 174 valence electrons. The van der Waals surface area contributed by atoms with Crippen molar-refractivity contribution in [3.05, 3.63) is 70.5 Å². The number of nitrogens with one attached hydrogen (secondary N) is 1. The van der Waals surface area contributed by atoms with E-state index in [1.807, 2.05) is 0 Å². The van der Waals surface area contributed by atoms with Crippen LogP contribution in [0.1, 0.15) is 35.1 Å². The minimum atomic E-state index is -4.51. The molecule has 1 N–H and O–H groups in total. The number of aromatic nitrogens is 3. The van der Waals surface area contributed by atoms with Crippen LogP contribution in [0.2, 0.25) is 5.02 Å². The second-order valence-corrected chi connectivity index (χ2v) is 8.47. The maximum Gasteiger partial charge on any atom is 0.416 e. The molecule has 0 aliphatic rings. The third kappa shape index (κ3) is 6.82. The van der Waals surface area contributed by atoms with Gasteiger partial charge in [-0.05, 0) is 48.9 Å². The lowest BCUT2D eigenvalue weighted by Crippen LogP contribution is -2.21. The summed E-state index contributed by atoms with van der Waals surface area (Å²) in [5.74, 6) is 0.0971. The van der Waals surface area contributed by atoms with E-state index < -0.39 is 11.7 Å². The van der Waals surface area contributed by atoms with Gasteiger partial charge in [0.05, 0.1) is 11.3 Å². The van der Waals surface area contributed by atoms with Gasteiger partial charge in [0.15, 0.2) is 10.9 Å². The lowest BCUT2D eigenvalue weighted by atomic mass is 10.1. The number of nitrogens with zero attached hydrogens (tertiary/aromatic N) is 3. The van der Waals surface area contributed by atoms with Crippen LogP contribution in [0, 0.1) is 0 Å². The van der Waals surface area contributed by atoms with Gasteiger partial charge in [0, 0.05) is 36.2 Å². The summed E-state index contributed by atoms with van der Waals surface area (Å²) in [5, 5.41) is 11.7. The van der Waals surface area contributed by atoms with E-state index >= 15 is 0 Å². The topological polar surface area (TPSA) is 76.9 Å². The van der Waals surface area contributed by atoms with E-state index in [1.165, 1.54) is 23.6 Å². The van der Waals surface area contributed by atoms with Crippen LogP contribution < -0.4 is 5.32 Å². The van der Waals surface area contributed by atoms with Crippen LogP contribution in [0.4, 0.5) is 13.2 Å². The Morgan fingerprint density at radius 3 is 2.52 bits per heavy atom. The molecule has 1 aromatic heterocycles. The molecule has 11 heteroatoms. The molecule has 0 saturated heterocycles. The normalized spacial score (nSPS) is 11.4. The third-order valence-corrected chi connectivity index (χ3v) is 5.76. The number of carbonyl (C=O) groups is 2. The maximum absolute atomic E-state index is 13.3. The quantitative estimate of drug-likeness (QED) is 0.257. The van der Waals surface area contributed by atoms with E-state index in [0.29, 0.717) is 41.0 Å². The van der Waals surface area contributed by atoms with Gasteiger partial charge >= 0.3 is 6.18 Å². The molecule has 2 aromatic carbocycles. The highest BCUT2D eigenvalue weighted by Crippen LogP contribution is 2.32. The number of aryl methyl sites for hydroxylation is 1. The molecule has 3 aromatic rings. The van der Waals surface area contributed by atoms with E-state index in [2.05, 4.69) is 15.5 Å². The minimum absolute atomic E-state index is 0.0185. The molecular formula is C22H20ClF3N4O2S. The number of carbonyl (C=O) groups excluding carboxylic acids is 2. The molecule has 0 aliphatic heterocycles. The average molecular weight is 497 g/mol. The zero-order chi connectivity index (χ0) is 24.0. The summed E-state index contributed by atoms with van der Waals surface area (Å²) in [6, 6.07) is 11.3. The third-order valence-electron chi connectivity index (χ3n) is 4.58. The number of thioether (sulfide) groups is 1. The van der Waals surface area contributed by atoms with Crippen molar-refractivity contribution in [1.29, 1.82) is 0 Å². The van der Waals surface area contributed by atoms with Crippen LogP contribution in [-0.2, 0) is 17.4 Å². The minimum Gasteiger partial charge on any atom is -0.356 e. The smallest absolute Gasteiger partial charge is 0.356 e. The number of alkyl halides is 3. The van der Waals surface area contributed by atoms with Gasteiger partial charge in [-0.25, -0.2) is 0 Å². The Morgan fingerprint density at radius 2 is 1.85 bits per heavy atom. The highest BCUT2D eigenvalue weighted by molar-refractivity contribution is 7.99. The number of hydrogen-bond acceptors (Lipinski definition) is 5. The van der Waals surface area contributed by atoms with Crippen molar-refractivity contribution in [1.82, 2.24) is 20.1 Å². The number of benzene rings is 2. The van der Waals surface area contributed by atoms with E-state index in [0.717, 1.165) is 23.9 Å². The van der Waals surface area contributed by atoms with Crippen LogP contribution in [-0.4, -0.2) is 38.8 Å². The van der Waals surface area contributed by atoms with Crippen LogP contribution in [0.5, 0.6) is 0 Å². The molecule has 33 heavy (non-hydrogen) atoms. The van der Waals surface area contributed by atoms with Gasteiger partial charge < -0.3 is 5.32 Å². The molecule has 0 aliphatic carbocycles. The molecule has 0 unspecified atom stereocenters. The molecule has 0 bridgehead atoms. The molecule has 0 saturated carbocycles. The zero-order valence-corrected chi connectivity index (χ0v) is 19.1. The molecular weight excluding hydrogens is 477 g/mol. The van der Waals surface area contributed by atoms with Crippen molar-refractivity contribution in [2.75, 3.05) is 12.3 Å². The number of rotatable bonds is 9.